The molecule has 1 amide bonds. The standard InChI is InChI=1S/C13H17N5OS/c1-17-7-9(6-15-17)12(19)18-5-3-2-4-11(18)10-8-20-13(14)16-10/h6-8,11H,2-5H2,1H3,(H2,14,16)/t11-/m1/s1. The molecule has 1 fully saturated rings. The van der Waals surface area contributed by atoms with E-state index < -0.39 is 0 Å². The lowest BCUT2D eigenvalue weighted by molar-refractivity contribution is 0.0607. The second kappa shape index (κ2) is 5.24. The van der Waals surface area contributed by atoms with Gasteiger partial charge in [0.15, 0.2) is 5.13 Å². The van der Waals surface area contributed by atoms with Crippen LogP contribution in [-0.2, 0) is 7.05 Å². The third-order valence-electron chi connectivity index (χ3n) is 3.60. The smallest absolute Gasteiger partial charge is 0.257 e. The summed E-state index contributed by atoms with van der Waals surface area (Å²) in [5.74, 6) is 0.0226. The van der Waals surface area contributed by atoms with E-state index in [4.69, 9.17) is 5.73 Å². The summed E-state index contributed by atoms with van der Waals surface area (Å²) in [5, 5.41) is 6.58. The number of thiazole rings is 1. The molecule has 2 aromatic heterocycles. The maximum absolute atomic E-state index is 12.6. The zero-order valence-corrected chi connectivity index (χ0v) is 12.1. The number of nitrogen functional groups attached to an aromatic ring is 1. The molecule has 3 rings (SSSR count). The van der Waals surface area contributed by atoms with Crippen LogP contribution in [0.4, 0.5) is 5.13 Å². The van der Waals surface area contributed by atoms with Gasteiger partial charge in [-0.1, -0.05) is 0 Å². The Morgan fingerprint density at radius 1 is 1.50 bits per heavy atom. The van der Waals surface area contributed by atoms with Crippen LogP contribution in [0.3, 0.4) is 0 Å². The van der Waals surface area contributed by atoms with Crippen molar-refractivity contribution in [3.05, 3.63) is 29.0 Å². The fraction of sp³-hybridized carbons (Fsp3) is 0.462. The molecule has 2 N–H and O–H groups in total. The molecule has 0 unspecified atom stereocenters. The molecule has 1 aliphatic rings. The number of anilines is 1. The number of hydrogen-bond acceptors (Lipinski definition) is 5. The second-order valence-electron chi connectivity index (χ2n) is 5.02. The Morgan fingerprint density at radius 2 is 2.35 bits per heavy atom. The number of aromatic nitrogens is 3. The van der Waals surface area contributed by atoms with Crippen molar-refractivity contribution in [2.75, 3.05) is 12.3 Å². The van der Waals surface area contributed by atoms with Gasteiger partial charge in [0.05, 0.1) is 23.5 Å². The van der Waals surface area contributed by atoms with Gasteiger partial charge in [-0.2, -0.15) is 5.10 Å². The van der Waals surface area contributed by atoms with E-state index in [0.717, 1.165) is 31.5 Å². The fourth-order valence-electron chi connectivity index (χ4n) is 2.63. The minimum atomic E-state index is 0.0226. The summed E-state index contributed by atoms with van der Waals surface area (Å²) >= 11 is 1.42. The third kappa shape index (κ3) is 2.40. The van der Waals surface area contributed by atoms with Crippen LogP contribution in [-0.4, -0.2) is 32.1 Å². The zero-order valence-electron chi connectivity index (χ0n) is 11.3. The van der Waals surface area contributed by atoms with Crippen molar-refractivity contribution >= 4 is 22.4 Å². The number of piperidine rings is 1. The Labute approximate surface area is 121 Å². The van der Waals surface area contributed by atoms with Crippen molar-refractivity contribution in [1.82, 2.24) is 19.7 Å². The minimum Gasteiger partial charge on any atom is -0.375 e. The molecule has 20 heavy (non-hydrogen) atoms. The van der Waals surface area contributed by atoms with Gasteiger partial charge in [0.25, 0.3) is 5.91 Å². The number of aryl methyl sites for hydroxylation is 1. The fourth-order valence-corrected chi connectivity index (χ4v) is 3.24. The first-order chi connectivity index (χ1) is 9.65. The van der Waals surface area contributed by atoms with Gasteiger partial charge in [0, 0.05) is 25.2 Å². The molecule has 6 nitrogen and oxygen atoms in total. The van der Waals surface area contributed by atoms with Crippen LogP contribution in [0.25, 0.3) is 0 Å². The lowest BCUT2D eigenvalue weighted by atomic mass is 9.99. The van der Waals surface area contributed by atoms with Crippen LogP contribution >= 0.6 is 11.3 Å². The number of nitrogens with zero attached hydrogens (tertiary/aromatic N) is 4. The largest absolute Gasteiger partial charge is 0.375 e. The number of carbonyl (C=O) groups excluding carboxylic acids is 1. The molecular weight excluding hydrogens is 274 g/mol. The van der Waals surface area contributed by atoms with Crippen LogP contribution in [0.15, 0.2) is 17.8 Å². The average molecular weight is 291 g/mol. The van der Waals surface area contributed by atoms with Crippen molar-refractivity contribution in [2.24, 2.45) is 7.05 Å². The Morgan fingerprint density at radius 3 is 3.00 bits per heavy atom. The average Bonchev–Trinajstić information content (AvgIpc) is 3.07. The molecule has 1 atom stereocenters. The van der Waals surface area contributed by atoms with Gasteiger partial charge in [-0.3, -0.25) is 9.48 Å². The van der Waals surface area contributed by atoms with Crippen LogP contribution < -0.4 is 5.73 Å². The van der Waals surface area contributed by atoms with Gasteiger partial charge in [-0.05, 0) is 19.3 Å². The van der Waals surface area contributed by atoms with Crippen molar-refractivity contribution in [3.8, 4) is 0 Å². The third-order valence-corrected chi connectivity index (χ3v) is 4.29. The summed E-state index contributed by atoms with van der Waals surface area (Å²) in [7, 11) is 1.81. The van der Waals surface area contributed by atoms with Crippen molar-refractivity contribution < 1.29 is 4.79 Å². The predicted octanol–water partition coefficient (Wildman–Crippen LogP) is 1.83. The highest BCUT2D eigenvalue weighted by molar-refractivity contribution is 7.13. The molecule has 0 spiro atoms. The number of likely N-dealkylation sites (tertiary alicyclic amines) is 1. The molecule has 0 bridgehead atoms. The molecule has 7 heteroatoms. The van der Waals surface area contributed by atoms with Gasteiger partial charge in [-0.15, -0.1) is 11.3 Å². The van der Waals surface area contributed by atoms with Crippen LogP contribution in [0, 0.1) is 0 Å². The van der Waals surface area contributed by atoms with Gasteiger partial charge >= 0.3 is 0 Å². The Balaban J connectivity index is 1.87. The number of nitrogens with two attached hydrogens (primary N) is 1. The monoisotopic (exact) mass is 291 g/mol. The Hall–Kier alpha value is -1.89. The Kier molecular flexibility index (Phi) is 3.43. The van der Waals surface area contributed by atoms with Crippen LogP contribution in [0.1, 0.15) is 41.4 Å². The maximum atomic E-state index is 12.6. The molecule has 1 saturated heterocycles. The second-order valence-corrected chi connectivity index (χ2v) is 5.91. The summed E-state index contributed by atoms with van der Waals surface area (Å²) in [6.45, 7) is 0.760. The summed E-state index contributed by atoms with van der Waals surface area (Å²) in [6.07, 6.45) is 6.45. The predicted molar refractivity (Wildman–Crippen MR) is 77.4 cm³/mol. The first kappa shape index (κ1) is 13.1. The number of amides is 1. The van der Waals surface area contributed by atoms with Gasteiger partial charge in [0.1, 0.15) is 0 Å². The lowest BCUT2D eigenvalue weighted by Crippen LogP contribution is -2.38. The molecule has 106 valence electrons. The first-order valence-electron chi connectivity index (χ1n) is 6.65. The molecule has 1 aliphatic heterocycles. The molecule has 2 aromatic rings. The van der Waals surface area contributed by atoms with Gasteiger partial charge in [-0.25, -0.2) is 4.98 Å². The van der Waals surface area contributed by atoms with E-state index in [0.29, 0.717) is 10.7 Å². The summed E-state index contributed by atoms with van der Waals surface area (Å²) in [6, 6.07) is 0.0324. The molecule has 0 saturated carbocycles. The highest BCUT2D eigenvalue weighted by Crippen LogP contribution is 2.33. The summed E-state index contributed by atoms with van der Waals surface area (Å²) < 4.78 is 1.65. The first-order valence-corrected chi connectivity index (χ1v) is 7.53. The van der Waals surface area contributed by atoms with Gasteiger partial charge < -0.3 is 10.6 Å². The van der Waals surface area contributed by atoms with E-state index in [9.17, 15) is 4.79 Å². The molecule has 0 aromatic carbocycles. The minimum absolute atomic E-state index is 0.0226. The van der Waals surface area contributed by atoms with Crippen LogP contribution in [0.2, 0.25) is 0 Å². The number of rotatable bonds is 2. The Bertz CT molecular complexity index is 620. The maximum Gasteiger partial charge on any atom is 0.257 e. The molecular formula is C13H17N5OS. The topological polar surface area (TPSA) is 77.0 Å². The van der Waals surface area contributed by atoms with Crippen molar-refractivity contribution in [3.63, 3.8) is 0 Å². The van der Waals surface area contributed by atoms with E-state index >= 15 is 0 Å². The van der Waals surface area contributed by atoms with Crippen LogP contribution in [0.5, 0.6) is 0 Å². The summed E-state index contributed by atoms with van der Waals surface area (Å²) in [5.41, 5.74) is 7.25. The quantitative estimate of drug-likeness (QED) is 0.915. The van der Waals surface area contributed by atoms with E-state index in [1.807, 2.05) is 17.3 Å². The SMILES string of the molecule is Cn1cc(C(=O)N2CCCC[C@@H]2c2csc(N)n2)cn1. The molecule has 3 heterocycles. The molecule has 0 aliphatic carbocycles. The van der Waals surface area contributed by atoms with E-state index in [1.54, 1.807) is 17.1 Å². The lowest BCUT2D eigenvalue weighted by Gasteiger charge is -2.34. The van der Waals surface area contributed by atoms with E-state index in [1.165, 1.54) is 11.3 Å². The normalized spacial score (nSPS) is 19.2. The molecule has 0 radical (unpaired) electrons. The van der Waals surface area contributed by atoms with E-state index in [-0.39, 0.29) is 11.9 Å². The highest BCUT2D eigenvalue weighted by atomic mass is 32.1. The highest BCUT2D eigenvalue weighted by Gasteiger charge is 2.30. The number of hydrogen-bond donors (Lipinski definition) is 1. The van der Waals surface area contributed by atoms with E-state index in [2.05, 4.69) is 10.1 Å². The van der Waals surface area contributed by atoms with Crippen molar-refractivity contribution in [2.45, 2.75) is 25.3 Å². The zero-order chi connectivity index (χ0) is 14.1. The number of carbonyl (C=O) groups is 1. The van der Waals surface area contributed by atoms with Crippen molar-refractivity contribution in [1.29, 1.82) is 0 Å². The summed E-state index contributed by atoms with van der Waals surface area (Å²) in [4.78, 5) is 18.9. The van der Waals surface area contributed by atoms with Gasteiger partial charge in [0.2, 0.25) is 0 Å².